The molecule has 0 aromatic heterocycles. The van der Waals surface area contributed by atoms with E-state index in [9.17, 15) is 4.79 Å². The zero-order valence-corrected chi connectivity index (χ0v) is 10.5. The number of aliphatic hydroxyl groups excluding tert-OH is 1. The molecule has 1 aromatic carbocycles. The number of phenolic OH excluding ortho intramolecular Hbond substituents is 1. The first-order valence-electron chi connectivity index (χ1n) is 5.97. The van der Waals surface area contributed by atoms with Gasteiger partial charge in [0.25, 0.3) is 0 Å². The molecule has 0 saturated carbocycles. The SMILES string of the molecule is CC(CCO)CNC(=O)C=Cc1ccc(O)cc1. The second kappa shape index (κ2) is 7.50. The maximum absolute atomic E-state index is 11.5. The number of carbonyl (C=O) groups excluding carboxylic acids is 1. The van der Waals surface area contributed by atoms with E-state index >= 15 is 0 Å². The van der Waals surface area contributed by atoms with Crippen LogP contribution in [0.3, 0.4) is 0 Å². The molecule has 1 amide bonds. The Bertz CT molecular complexity index is 398. The molecule has 0 spiro atoms. The summed E-state index contributed by atoms with van der Waals surface area (Å²) in [5, 5.41) is 20.6. The predicted molar refractivity (Wildman–Crippen MR) is 71.0 cm³/mol. The van der Waals surface area contributed by atoms with Crippen LogP contribution in [0.25, 0.3) is 6.08 Å². The maximum atomic E-state index is 11.5. The Morgan fingerprint density at radius 3 is 2.67 bits per heavy atom. The number of aliphatic hydroxyl groups is 1. The van der Waals surface area contributed by atoms with Gasteiger partial charge in [0.05, 0.1) is 0 Å². The number of hydrogen-bond acceptors (Lipinski definition) is 3. The lowest BCUT2D eigenvalue weighted by Gasteiger charge is -2.09. The molecule has 98 valence electrons. The van der Waals surface area contributed by atoms with Crippen LogP contribution in [0.5, 0.6) is 5.75 Å². The standard InChI is InChI=1S/C14H19NO3/c1-11(8-9-16)10-15-14(18)7-4-12-2-5-13(17)6-3-12/h2-7,11,16-17H,8-10H2,1H3,(H,15,18). The summed E-state index contributed by atoms with van der Waals surface area (Å²) in [4.78, 5) is 11.5. The Morgan fingerprint density at radius 1 is 1.39 bits per heavy atom. The second-order valence-electron chi connectivity index (χ2n) is 4.29. The van der Waals surface area contributed by atoms with Crippen LogP contribution < -0.4 is 5.32 Å². The fraction of sp³-hybridized carbons (Fsp3) is 0.357. The highest BCUT2D eigenvalue weighted by molar-refractivity contribution is 5.91. The van der Waals surface area contributed by atoms with Gasteiger partial charge in [0.15, 0.2) is 0 Å². The van der Waals surface area contributed by atoms with Crippen molar-refractivity contribution in [2.75, 3.05) is 13.2 Å². The van der Waals surface area contributed by atoms with Crippen LogP contribution in [0.2, 0.25) is 0 Å². The molecule has 1 atom stereocenters. The highest BCUT2D eigenvalue weighted by Gasteiger charge is 2.02. The number of amides is 1. The van der Waals surface area contributed by atoms with Gasteiger partial charge < -0.3 is 15.5 Å². The molecule has 0 aliphatic carbocycles. The van der Waals surface area contributed by atoms with Crippen LogP contribution in [-0.2, 0) is 4.79 Å². The van der Waals surface area contributed by atoms with Crippen molar-refractivity contribution in [3.63, 3.8) is 0 Å². The number of rotatable bonds is 6. The molecule has 18 heavy (non-hydrogen) atoms. The molecule has 0 aliphatic rings. The van der Waals surface area contributed by atoms with Gasteiger partial charge in [-0.3, -0.25) is 4.79 Å². The molecule has 0 radical (unpaired) electrons. The van der Waals surface area contributed by atoms with Crippen molar-refractivity contribution < 1.29 is 15.0 Å². The smallest absolute Gasteiger partial charge is 0.244 e. The van der Waals surface area contributed by atoms with Crippen molar-refractivity contribution in [1.82, 2.24) is 5.32 Å². The van der Waals surface area contributed by atoms with Gasteiger partial charge >= 0.3 is 0 Å². The number of benzene rings is 1. The summed E-state index contributed by atoms with van der Waals surface area (Å²) in [6, 6.07) is 6.60. The van der Waals surface area contributed by atoms with Crippen LogP contribution in [0.1, 0.15) is 18.9 Å². The average Bonchev–Trinajstić information content (AvgIpc) is 2.36. The summed E-state index contributed by atoms with van der Waals surface area (Å²) in [5.41, 5.74) is 0.853. The molecule has 0 heterocycles. The zero-order valence-electron chi connectivity index (χ0n) is 10.5. The van der Waals surface area contributed by atoms with Crippen molar-refractivity contribution in [2.45, 2.75) is 13.3 Å². The second-order valence-corrected chi connectivity index (χ2v) is 4.29. The third kappa shape index (κ3) is 5.50. The number of aromatic hydroxyl groups is 1. The van der Waals surface area contributed by atoms with Gasteiger partial charge in [-0.2, -0.15) is 0 Å². The minimum atomic E-state index is -0.159. The van der Waals surface area contributed by atoms with Crippen LogP contribution in [0.15, 0.2) is 30.3 Å². The molecule has 0 saturated heterocycles. The van der Waals surface area contributed by atoms with E-state index < -0.39 is 0 Å². The normalized spacial score (nSPS) is 12.6. The van der Waals surface area contributed by atoms with E-state index in [1.165, 1.54) is 6.08 Å². The van der Waals surface area contributed by atoms with Gasteiger partial charge in [-0.15, -0.1) is 0 Å². The maximum Gasteiger partial charge on any atom is 0.244 e. The van der Waals surface area contributed by atoms with E-state index in [2.05, 4.69) is 5.32 Å². The van der Waals surface area contributed by atoms with Crippen molar-refractivity contribution in [1.29, 1.82) is 0 Å². The third-order valence-electron chi connectivity index (χ3n) is 2.57. The minimum absolute atomic E-state index is 0.139. The molecule has 4 nitrogen and oxygen atoms in total. The summed E-state index contributed by atoms with van der Waals surface area (Å²) in [6.45, 7) is 2.67. The van der Waals surface area contributed by atoms with Gasteiger partial charge in [0, 0.05) is 19.2 Å². The fourth-order valence-electron chi connectivity index (χ4n) is 1.41. The lowest BCUT2D eigenvalue weighted by atomic mass is 10.1. The molecule has 1 unspecified atom stereocenters. The van der Waals surface area contributed by atoms with E-state index in [0.717, 1.165) is 5.56 Å². The lowest BCUT2D eigenvalue weighted by molar-refractivity contribution is -0.116. The van der Waals surface area contributed by atoms with E-state index in [1.807, 2.05) is 6.92 Å². The van der Waals surface area contributed by atoms with E-state index in [4.69, 9.17) is 10.2 Å². The molecule has 1 rings (SSSR count). The first kappa shape index (κ1) is 14.3. The molecule has 3 N–H and O–H groups in total. The van der Waals surface area contributed by atoms with E-state index in [0.29, 0.717) is 13.0 Å². The van der Waals surface area contributed by atoms with E-state index in [1.54, 1.807) is 30.3 Å². The van der Waals surface area contributed by atoms with Gasteiger partial charge in [0.2, 0.25) is 5.91 Å². The van der Waals surface area contributed by atoms with Crippen molar-refractivity contribution >= 4 is 12.0 Å². The quantitative estimate of drug-likeness (QED) is 0.670. The van der Waals surface area contributed by atoms with Crippen molar-refractivity contribution in [2.24, 2.45) is 5.92 Å². The Morgan fingerprint density at radius 2 is 2.06 bits per heavy atom. The van der Waals surface area contributed by atoms with Gasteiger partial charge in [-0.1, -0.05) is 19.1 Å². The Labute approximate surface area is 107 Å². The van der Waals surface area contributed by atoms with E-state index in [-0.39, 0.29) is 24.2 Å². The summed E-state index contributed by atoms with van der Waals surface area (Å²) < 4.78 is 0. The number of hydrogen-bond donors (Lipinski definition) is 3. The Balaban J connectivity index is 2.37. The largest absolute Gasteiger partial charge is 0.508 e. The van der Waals surface area contributed by atoms with Crippen LogP contribution >= 0.6 is 0 Å². The first-order valence-corrected chi connectivity index (χ1v) is 5.97. The van der Waals surface area contributed by atoms with Gasteiger partial charge in [-0.25, -0.2) is 0 Å². The lowest BCUT2D eigenvalue weighted by Crippen LogP contribution is -2.26. The average molecular weight is 249 g/mol. The molecule has 0 fully saturated rings. The Kier molecular flexibility index (Phi) is 5.94. The Hall–Kier alpha value is -1.81. The van der Waals surface area contributed by atoms with Gasteiger partial charge in [-0.05, 0) is 36.1 Å². The van der Waals surface area contributed by atoms with Crippen LogP contribution in [-0.4, -0.2) is 29.3 Å². The number of carbonyl (C=O) groups is 1. The molecule has 1 aromatic rings. The topological polar surface area (TPSA) is 69.6 Å². The summed E-state index contributed by atoms with van der Waals surface area (Å²) >= 11 is 0. The summed E-state index contributed by atoms with van der Waals surface area (Å²) in [5.74, 6) is 0.309. The number of phenols is 1. The summed E-state index contributed by atoms with van der Waals surface area (Å²) in [6.07, 6.45) is 3.82. The monoisotopic (exact) mass is 249 g/mol. The molecular formula is C14H19NO3. The van der Waals surface area contributed by atoms with Crippen LogP contribution in [0, 0.1) is 5.92 Å². The first-order chi connectivity index (χ1) is 8.61. The highest BCUT2D eigenvalue weighted by Crippen LogP contribution is 2.10. The zero-order chi connectivity index (χ0) is 13.4. The van der Waals surface area contributed by atoms with Gasteiger partial charge in [0.1, 0.15) is 5.75 Å². The molecule has 0 aliphatic heterocycles. The fourth-order valence-corrected chi connectivity index (χ4v) is 1.41. The van der Waals surface area contributed by atoms with Crippen molar-refractivity contribution in [3.05, 3.63) is 35.9 Å². The summed E-state index contributed by atoms with van der Waals surface area (Å²) in [7, 11) is 0. The third-order valence-corrected chi connectivity index (χ3v) is 2.57. The van der Waals surface area contributed by atoms with Crippen LogP contribution in [0.4, 0.5) is 0 Å². The highest BCUT2D eigenvalue weighted by atomic mass is 16.3. The van der Waals surface area contributed by atoms with Crippen molar-refractivity contribution in [3.8, 4) is 5.75 Å². The number of nitrogens with one attached hydrogen (secondary N) is 1. The molecule has 0 bridgehead atoms. The molecule has 4 heteroatoms. The molecular weight excluding hydrogens is 230 g/mol. The predicted octanol–water partition coefficient (Wildman–Crippen LogP) is 1.54. The minimum Gasteiger partial charge on any atom is -0.508 e.